The summed E-state index contributed by atoms with van der Waals surface area (Å²) in [6.07, 6.45) is 5.64. The molecule has 112 valence electrons. The lowest BCUT2D eigenvalue weighted by Crippen LogP contribution is -2.37. The fourth-order valence-corrected chi connectivity index (χ4v) is 3.37. The summed E-state index contributed by atoms with van der Waals surface area (Å²) in [5.74, 6) is -0.301. The second-order valence-corrected chi connectivity index (χ2v) is 7.62. The van der Waals surface area contributed by atoms with Crippen LogP contribution in [0.5, 0.6) is 0 Å². The largest absolute Gasteiger partial charge is 0.330 e. The molecule has 3 heteroatoms. The quantitative estimate of drug-likeness (QED) is 0.845. The van der Waals surface area contributed by atoms with E-state index in [0.717, 1.165) is 30.5 Å². The first-order valence-electron chi connectivity index (χ1n) is 7.46. The van der Waals surface area contributed by atoms with Gasteiger partial charge in [-0.05, 0) is 60.3 Å². The number of rotatable bonds is 4. The lowest BCUT2D eigenvalue weighted by molar-refractivity contribution is 0.131. The van der Waals surface area contributed by atoms with Crippen molar-refractivity contribution in [3.63, 3.8) is 0 Å². The van der Waals surface area contributed by atoms with Crippen molar-refractivity contribution in [2.24, 2.45) is 11.1 Å². The van der Waals surface area contributed by atoms with Crippen LogP contribution in [0.15, 0.2) is 12.1 Å². The summed E-state index contributed by atoms with van der Waals surface area (Å²) < 4.78 is 14.0. The van der Waals surface area contributed by atoms with E-state index in [1.54, 1.807) is 6.07 Å². The molecule has 0 unspecified atom stereocenters. The van der Waals surface area contributed by atoms with Crippen LogP contribution < -0.4 is 5.73 Å². The van der Waals surface area contributed by atoms with Crippen molar-refractivity contribution in [3.8, 4) is 0 Å². The van der Waals surface area contributed by atoms with Crippen molar-refractivity contribution in [2.45, 2.75) is 58.3 Å². The molecule has 1 saturated carbocycles. The molecule has 0 heterocycles. The molecule has 2 rings (SSSR count). The minimum Gasteiger partial charge on any atom is -0.330 e. The standard InChI is InChI=1S/C17H25ClFN/c1-16(2,3)13-9-12(10-14(19)15(13)18)5-8-17(11-20)6-4-7-17/h9-10H,4-8,11,20H2,1-3H3. The number of aryl methyl sites for hydroxylation is 1. The van der Waals surface area contributed by atoms with E-state index in [1.165, 1.54) is 19.3 Å². The van der Waals surface area contributed by atoms with Gasteiger partial charge in [-0.2, -0.15) is 0 Å². The van der Waals surface area contributed by atoms with Crippen molar-refractivity contribution >= 4 is 11.6 Å². The normalized spacial score (nSPS) is 17.9. The predicted octanol–water partition coefficient (Wildman–Crippen LogP) is 4.84. The highest BCUT2D eigenvalue weighted by molar-refractivity contribution is 6.31. The summed E-state index contributed by atoms with van der Waals surface area (Å²) in [7, 11) is 0. The van der Waals surface area contributed by atoms with Gasteiger partial charge in [-0.15, -0.1) is 0 Å². The average molecular weight is 298 g/mol. The molecule has 0 radical (unpaired) electrons. The Balaban J connectivity index is 2.18. The van der Waals surface area contributed by atoms with Crippen LogP contribution in [0.3, 0.4) is 0 Å². The van der Waals surface area contributed by atoms with Gasteiger partial charge in [0.25, 0.3) is 0 Å². The van der Waals surface area contributed by atoms with Crippen LogP contribution in [0, 0.1) is 11.2 Å². The molecule has 1 fully saturated rings. The fraction of sp³-hybridized carbons (Fsp3) is 0.647. The monoisotopic (exact) mass is 297 g/mol. The summed E-state index contributed by atoms with van der Waals surface area (Å²) in [5, 5.41) is 0.262. The van der Waals surface area contributed by atoms with Gasteiger partial charge in [-0.25, -0.2) is 4.39 Å². The van der Waals surface area contributed by atoms with Crippen molar-refractivity contribution in [3.05, 3.63) is 34.1 Å². The van der Waals surface area contributed by atoms with Gasteiger partial charge in [-0.1, -0.05) is 44.9 Å². The SMILES string of the molecule is CC(C)(C)c1cc(CCC2(CN)CCC2)cc(F)c1Cl. The molecule has 0 spiro atoms. The van der Waals surface area contributed by atoms with Crippen LogP contribution in [0.1, 0.15) is 57.6 Å². The van der Waals surface area contributed by atoms with Gasteiger partial charge in [0, 0.05) is 0 Å². The molecule has 1 aliphatic rings. The van der Waals surface area contributed by atoms with Gasteiger partial charge in [0.2, 0.25) is 0 Å². The molecule has 0 amide bonds. The van der Waals surface area contributed by atoms with E-state index < -0.39 is 0 Å². The molecule has 1 aliphatic carbocycles. The van der Waals surface area contributed by atoms with E-state index in [9.17, 15) is 4.39 Å². The Bertz CT molecular complexity index is 481. The van der Waals surface area contributed by atoms with E-state index >= 15 is 0 Å². The Kier molecular flexibility index (Phi) is 4.46. The number of hydrogen-bond acceptors (Lipinski definition) is 1. The Morgan fingerprint density at radius 3 is 2.40 bits per heavy atom. The Hall–Kier alpha value is -0.600. The highest BCUT2D eigenvalue weighted by atomic mass is 35.5. The molecule has 1 nitrogen and oxygen atoms in total. The number of halogens is 2. The van der Waals surface area contributed by atoms with Crippen LogP contribution in [0.4, 0.5) is 4.39 Å². The lowest BCUT2D eigenvalue weighted by atomic mass is 9.66. The summed E-state index contributed by atoms with van der Waals surface area (Å²) in [6, 6.07) is 3.65. The lowest BCUT2D eigenvalue weighted by Gasteiger charge is -2.41. The Labute approximate surface area is 126 Å². The highest BCUT2D eigenvalue weighted by Gasteiger charge is 2.35. The van der Waals surface area contributed by atoms with Crippen molar-refractivity contribution in [2.75, 3.05) is 6.54 Å². The maximum atomic E-state index is 14.0. The molecule has 1 aromatic carbocycles. The van der Waals surface area contributed by atoms with E-state index in [4.69, 9.17) is 17.3 Å². The Morgan fingerprint density at radius 1 is 1.30 bits per heavy atom. The van der Waals surface area contributed by atoms with Gasteiger partial charge in [0.05, 0.1) is 5.02 Å². The summed E-state index contributed by atoms with van der Waals surface area (Å²) >= 11 is 6.11. The van der Waals surface area contributed by atoms with Crippen molar-refractivity contribution in [1.29, 1.82) is 0 Å². The second kappa shape index (κ2) is 5.65. The zero-order valence-electron chi connectivity index (χ0n) is 12.7. The van der Waals surface area contributed by atoms with Crippen LogP contribution >= 0.6 is 11.6 Å². The van der Waals surface area contributed by atoms with Crippen LogP contribution in [0.25, 0.3) is 0 Å². The molecule has 0 saturated heterocycles. The molecule has 0 atom stereocenters. The van der Waals surface area contributed by atoms with E-state index in [2.05, 4.69) is 26.8 Å². The van der Waals surface area contributed by atoms with Crippen LogP contribution in [-0.4, -0.2) is 6.54 Å². The maximum absolute atomic E-state index is 14.0. The molecule has 0 aliphatic heterocycles. The zero-order chi connectivity index (χ0) is 15.0. The third-order valence-electron chi connectivity index (χ3n) is 4.69. The molecule has 2 N–H and O–H groups in total. The zero-order valence-corrected chi connectivity index (χ0v) is 13.5. The number of nitrogens with two attached hydrogens (primary N) is 1. The first-order valence-corrected chi connectivity index (χ1v) is 7.84. The third-order valence-corrected chi connectivity index (χ3v) is 5.07. The summed E-state index contributed by atoms with van der Waals surface area (Å²) in [4.78, 5) is 0. The molecular weight excluding hydrogens is 273 g/mol. The van der Waals surface area contributed by atoms with Gasteiger partial charge in [0.15, 0.2) is 0 Å². The summed E-state index contributed by atoms with van der Waals surface area (Å²) in [5.41, 5.74) is 7.98. The first-order chi connectivity index (χ1) is 9.27. The van der Waals surface area contributed by atoms with E-state index in [0.29, 0.717) is 5.41 Å². The molecule has 0 aromatic heterocycles. The minimum absolute atomic E-state index is 0.143. The maximum Gasteiger partial charge on any atom is 0.142 e. The van der Waals surface area contributed by atoms with Gasteiger partial charge in [0.1, 0.15) is 5.82 Å². The fourth-order valence-electron chi connectivity index (χ4n) is 2.98. The van der Waals surface area contributed by atoms with Gasteiger partial charge >= 0.3 is 0 Å². The topological polar surface area (TPSA) is 26.0 Å². The third kappa shape index (κ3) is 3.17. The molecule has 0 bridgehead atoms. The highest BCUT2D eigenvalue weighted by Crippen LogP contribution is 2.44. The first kappa shape index (κ1) is 15.8. The summed E-state index contributed by atoms with van der Waals surface area (Å²) in [6.45, 7) is 6.93. The Morgan fingerprint density at radius 2 is 1.95 bits per heavy atom. The minimum atomic E-state index is -0.301. The average Bonchev–Trinajstić information content (AvgIpc) is 2.31. The molecular formula is C17H25ClFN. The van der Waals surface area contributed by atoms with Crippen molar-refractivity contribution < 1.29 is 4.39 Å². The molecule has 1 aromatic rings. The van der Waals surface area contributed by atoms with E-state index in [1.807, 2.05) is 0 Å². The van der Waals surface area contributed by atoms with Crippen LogP contribution in [0.2, 0.25) is 5.02 Å². The van der Waals surface area contributed by atoms with Crippen molar-refractivity contribution in [1.82, 2.24) is 0 Å². The smallest absolute Gasteiger partial charge is 0.142 e. The second-order valence-electron chi connectivity index (χ2n) is 7.25. The molecule has 20 heavy (non-hydrogen) atoms. The predicted molar refractivity (Wildman–Crippen MR) is 83.8 cm³/mol. The van der Waals surface area contributed by atoms with Crippen LogP contribution in [-0.2, 0) is 11.8 Å². The number of hydrogen-bond donors (Lipinski definition) is 1. The van der Waals surface area contributed by atoms with Gasteiger partial charge < -0.3 is 5.73 Å². The number of benzene rings is 1. The van der Waals surface area contributed by atoms with Gasteiger partial charge in [-0.3, -0.25) is 0 Å². The van der Waals surface area contributed by atoms with E-state index in [-0.39, 0.29) is 16.3 Å².